The quantitative estimate of drug-likeness (QED) is 0.541. The molecule has 1 aromatic rings. The fourth-order valence-electron chi connectivity index (χ4n) is 1.61. The van der Waals surface area contributed by atoms with Crippen molar-refractivity contribution in [1.82, 2.24) is 15.4 Å². The van der Waals surface area contributed by atoms with Crippen LogP contribution in [0.4, 0.5) is 5.82 Å². The van der Waals surface area contributed by atoms with Gasteiger partial charge in [0.15, 0.2) is 5.82 Å². The minimum atomic E-state index is -0.251. The third-order valence-electron chi connectivity index (χ3n) is 2.51. The standard InChI is InChI=1S/C10H14BrN5O2/c11-7-5-8(9(14-12)13-6-7)10(17)15-16-1-3-18-4-2-16/h5-6H,1-4,12H2,(H,13,14)(H,15,17). The maximum atomic E-state index is 12.1. The van der Waals surface area contributed by atoms with Gasteiger partial charge in [-0.3, -0.25) is 10.2 Å². The Bertz CT molecular complexity index is 436. The number of nitrogens with two attached hydrogens (primary N) is 1. The largest absolute Gasteiger partial charge is 0.379 e. The summed E-state index contributed by atoms with van der Waals surface area (Å²) in [5.74, 6) is 5.42. The van der Waals surface area contributed by atoms with Crippen LogP contribution in [0.15, 0.2) is 16.7 Å². The number of nitrogens with zero attached hydrogens (tertiary/aromatic N) is 2. The number of amides is 1. The third kappa shape index (κ3) is 3.16. The maximum Gasteiger partial charge on any atom is 0.269 e. The molecule has 0 radical (unpaired) electrons. The number of ether oxygens (including phenoxy) is 1. The SMILES string of the molecule is NNc1ncc(Br)cc1C(=O)NN1CCOCC1. The molecule has 0 saturated carbocycles. The Labute approximate surface area is 113 Å². The van der Waals surface area contributed by atoms with Crippen LogP contribution in [-0.2, 0) is 4.74 Å². The second-order valence-electron chi connectivity index (χ2n) is 3.73. The maximum absolute atomic E-state index is 12.1. The van der Waals surface area contributed by atoms with Crippen LogP contribution < -0.4 is 16.7 Å². The van der Waals surface area contributed by atoms with Gasteiger partial charge in [-0.25, -0.2) is 15.8 Å². The summed E-state index contributed by atoms with van der Waals surface area (Å²) in [6, 6.07) is 1.66. The molecular formula is C10H14BrN5O2. The van der Waals surface area contributed by atoms with Crippen molar-refractivity contribution in [2.24, 2.45) is 5.84 Å². The second-order valence-corrected chi connectivity index (χ2v) is 4.65. The first-order chi connectivity index (χ1) is 8.70. The van der Waals surface area contributed by atoms with E-state index in [9.17, 15) is 4.79 Å². The summed E-state index contributed by atoms with van der Waals surface area (Å²) in [5, 5.41) is 1.81. The predicted molar refractivity (Wildman–Crippen MR) is 69.6 cm³/mol. The van der Waals surface area contributed by atoms with Gasteiger partial charge in [-0.15, -0.1) is 0 Å². The number of aromatic nitrogens is 1. The number of hydrogen-bond donors (Lipinski definition) is 3. The molecule has 0 spiro atoms. The molecule has 0 unspecified atom stereocenters. The monoisotopic (exact) mass is 315 g/mol. The van der Waals surface area contributed by atoms with Crippen molar-refractivity contribution in [2.45, 2.75) is 0 Å². The normalized spacial score (nSPS) is 16.3. The van der Waals surface area contributed by atoms with Crippen molar-refractivity contribution in [2.75, 3.05) is 31.7 Å². The molecule has 18 heavy (non-hydrogen) atoms. The van der Waals surface area contributed by atoms with Crippen molar-refractivity contribution >= 4 is 27.7 Å². The van der Waals surface area contributed by atoms with Crippen LogP contribution in [-0.4, -0.2) is 42.2 Å². The van der Waals surface area contributed by atoms with Crippen molar-refractivity contribution < 1.29 is 9.53 Å². The molecule has 1 aliphatic rings. The number of carbonyl (C=O) groups is 1. The molecule has 0 aromatic carbocycles. The van der Waals surface area contributed by atoms with E-state index in [4.69, 9.17) is 10.6 Å². The third-order valence-corrected chi connectivity index (χ3v) is 2.94. The van der Waals surface area contributed by atoms with Crippen molar-refractivity contribution in [3.05, 3.63) is 22.3 Å². The summed E-state index contributed by atoms with van der Waals surface area (Å²) in [7, 11) is 0. The Morgan fingerprint density at radius 2 is 2.22 bits per heavy atom. The van der Waals surface area contributed by atoms with E-state index in [-0.39, 0.29) is 5.91 Å². The molecular weight excluding hydrogens is 302 g/mol. The minimum Gasteiger partial charge on any atom is -0.379 e. The molecule has 7 nitrogen and oxygen atoms in total. The molecule has 1 aliphatic heterocycles. The number of hydrogen-bond acceptors (Lipinski definition) is 6. The molecule has 0 bridgehead atoms. The van der Waals surface area contributed by atoms with E-state index in [1.54, 1.807) is 12.3 Å². The second kappa shape index (κ2) is 6.10. The van der Waals surface area contributed by atoms with Crippen LogP contribution in [0.1, 0.15) is 10.4 Å². The zero-order valence-electron chi connectivity index (χ0n) is 9.65. The van der Waals surface area contributed by atoms with Gasteiger partial charge in [0, 0.05) is 23.8 Å². The highest BCUT2D eigenvalue weighted by Crippen LogP contribution is 2.17. The highest BCUT2D eigenvalue weighted by molar-refractivity contribution is 9.10. The Morgan fingerprint density at radius 1 is 1.50 bits per heavy atom. The van der Waals surface area contributed by atoms with Crippen LogP contribution >= 0.6 is 15.9 Å². The summed E-state index contributed by atoms with van der Waals surface area (Å²) >= 11 is 3.27. The lowest BCUT2D eigenvalue weighted by atomic mass is 10.2. The Kier molecular flexibility index (Phi) is 4.48. The average Bonchev–Trinajstić information content (AvgIpc) is 2.40. The van der Waals surface area contributed by atoms with Crippen molar-refractivity contribution in [3.8, 4) is 0 Å². The highest BCUT2D eigenvalue weighted by atomic mass is 79.9. The van der Waals surface area contributed by atoms with Gasteiger partial charge >= 0.3 is 0 Å². The number of carbonyl (C=O) groups excluding carboxylic acids is 1. The van der Waals surface area contributed by atoms with Crippen molar-refractivity contribution in [1.29, 1.82) is 0 Å². The fourth-order valence-corrected chi connectivity index (χ4v) is 1.94. The topological polar surface area (TPSA) is 92.5 Å². The zero-order valence-corrected chi connectivity index (χ0v) is 11.2. The van der Waals surface area contributed by atoms with Crippen LogP contribution in [0.5, 0.6) is 0 Å². The Hall–Kier alpha value is -1.22. The number of anilines is 1. The molecule has 1 saturated heterocycles. The smallest absolute Gasteiger partial charge is 0.269 e. The first-order valence-corrected chi connectivity index (χ1v) is 6.26. The molecule has 2 rings (SSSR count). The molecule has 2 heterocycles. The van der Waals surface area contributed by atoms with Gasteiger partial charge in [0.2, 0.25) is 0 Å². The number of halogens is 1. The lowest BCUT2D eigenvalue weighted by molar-refractivity contribution is 0.0126. The minimum absolute atomic E-state index is 0.251. The van der Waals surface area contributed by atoms with Gasteiger partial charge in [0.25, 0.3) is 5.91 Å². The number of nitrogen functional groups attached to an aromatic ring is 1. The molecule has 1 amide bonds. The fraction of sp³-hybridized carbons (Fsp3) is 0.400. The number of rotatable bonds is 3. The summed E-state index contributed by atoms with van der Waals surface area (Å²) in [4.78, 5) is 16.1. The first-order valence-electron chi connectivity index (χ1n) is 5.46. The molecule has 0 aliphatic carbocycles. The predicted octanol–water partition coefficient (Wildman–Crippen LogP) is 0.107. The lowest BCUT2D eigenvalue weighted by Gasteiger charge is -2.27. The van der Waals surface area contributed by atoms with Gasteiger partial charge < -0.3 is 10.2 Å². The van der Waals surface area contributed by atoms with E-state index in [2.05, 4.69) is 31.8 Å². The van der Waals surface area contributed by atoms with Gasteiger partial charge in [0.05, 0.1) is 18.8 Å². The summed E-state index contributed by atoms with van der Waals surface area (Å²) < 4.78 is 5.92. The zero-order chi connectivity index (χ0) is 13.0. The molecule has 8 heteroatoms. The lowest BCUT2D eigenvalue weighted by Crippen LogP contribution is -2.48. The van der Waals surface area contributed by atoms with Gasteiger partial charge in [-0.1, -0.05) is 0 Å². The van der Waals surface area contributed by atoms with Gasteiger partial charge in [-0.05, 0) is 22.0 Å². The molecule has 1 aromatic heterocycles. The number of morpholine rings is 1. The van der Waals surface area contributed by atoms with Crippen LogP contribution in [0, 0.1) is 0 Å². The Balaban J connectivity index is 2.09. The molecule has 1 fully saturated rings. The van der Waals surface area contributed by atoms with Crippen LogP contribution in [0.3, 0.4) is 0 Å². The van der Waals surface area contributed by atoms with Crippen molar-refractivity contribution in [3.63, 3.8) is 0 Å². The van der Waals surface area contributed by atoms with Crippen LogP contribution in [0.2, 0.25) is 0 Å². The summed E-state index contributed by atoms with van der Waals surface area (Å²) in [6.45, 7) is 2.55. The average molecular weight is 316 g/mol. The number of nitrogens with one attached hydrogen (secondary N) is 2. The molecule has 0 atom stereocenters. The molecule has 98 valence electrons. The van der Waals surface area contributed by atoms with Crippen LogP contribution in [0.25, 0.3) is 0 Å². The van der Waals surface area contributed by atoms with Gasteiger partial charge in [0.1, 0.15) is 0 Å². The van der Waals surface area contributed by atoms with E-state index in [1.165, 1.54) is 0 Å². The van der Waals surface area contributed by atoms with Gasteiger partial charge in [-0.2, -0.15) is 0 Å². The van der Waals surface area contributed by atoms with E-state index < -0.39 is 0 Å². The summed E-state index contributed by atoms with van der Waals surface area (Å²) in [5.41, 5.74) is 5.59. The molecule has 4 N–H and O–H groups in total. The van der Waals surface area contributed by atoms with E-state index in [0.717, 1.165) is 0 Å². The number of pyridine rings is 1. The first kappa shape index (κ1) is 13.2. The Morgan fingerprint density at radius 3 is 2.89 bits per heavy atom. The van der Waals surface area contributed by atoms with E-state index in [0.29, 0.717) is 42.2 Å². The number of hydrazine groups is 2. The highest BCUT2D eigenvalue weighted by Gasteiger charge is 2.17. The van der Waals surface area contributed by atoms with E-state index in [1.807, 2.05) is 5.01 Å². The van der Waals surface area contributed by atoms with E-state index >= 15 is 0 Å². The summed E-state index contributed by atoms with van der Waals surface area (Å²) in [6.07, 6.45) is 1.57.